The van der Waals surface area contributed by atoms with Gasteiger partial charge < -0.3 is 5.73 Å². The van der Waals surface area contributed by atoms with Crippen molar-refractivity contribution in [3.05, 3.63) is 77.7 Å². The van der Waals surface area contributed by atoms with Crippen LogP contribution in [0.15, 0.2) is 60.7 Å². The normalized spacial score (nSPS) is 14.5. The molecule has 1 aromatic heterocycles. The van der Waals surface area contributed by atoms with E-state index in [0.29, 0.717) is 5.92 Å². The molecule has 0 atom stereocenters. The van der Waals surface area contributed by atoms with Gasteiger partial charge in [0.2, 0.25) is 0 Å². The molecule has 3 aromatic rings. The fraction of sp³-hybridized carbons (Fsp3) is 0.333. The number of aryl methyl sites for hydroxylation is 2. The van der Waals surface area contributed by atoms with Crippen LogP contribution >= 0.6 is 0 Å². The second-order valence-electron chi connectivity index (χ2n) is 7.55. The molecular weight excluding hydrogens is 330 g/mol. The monoisotopic (exact) mass is 357 g/mol. The SMILES string of the molecule is Nc1ccc(-c2cc(CCCc3ccccc3)nc(C3CCCC3)n2)cc1. The molecular formula is C24H27N3. The Morgan fingerprint density at radius 3 is 2.33 bits per heavy atom. The van der Waals surface area contributed by atoms with E-state index in [0.717, 1.165) is 47.7 Å². The molecule has 0 saturated heterocycles. The van der Waals surface area contributed by atoms with Gasteiger partial charge in [-0.2, -0.15) is 0 Å². The summed E-state index contributed by atoms with van der Waals surface area (Å²) in [6.07, 6.45) is 8.20. The van der Waals surface area contributed by atoms with Gasteiger partial charge in [-0.3, -0.25) is 0 Å². The van der Waals surface area contributed by atoms with Crippen molar-refractivity contribution in [1.82, 2.24) is 9.97 Å². The lowest BCUT2D eigenvalue weighted by atomic mass is 10.0. The largest absolute Gasteiger partial charge is 0.399 e. The standard InChI is InChI=1S/C24H27N3/c25-21-15-13-19(14-16-21)23-17-22(12-6-9-18-7-2-1-3-8-18)26-24(27-23)20-10-4-5-11-20/h1-3,7-8,13-17,20H,4-6,9-12,25H2. The summed E-state index contributed by atoms with van der Waals surface area (Å²) in [5, 5.41) is 0. The van der Waals surface area contributed by atoms with E-state index in [9.17, 15) is 0 Å². The number of rotatable bonds is 6. The van der Waals surface area contributed by atoms with Crippen LogP contribution in [0.4, 0.5) is 5.69 Å². The third-order valence-corrected chi connectivity index (χ3v) is 5.46. The van der Waals surface area contributed by atoms with E-state index >= 15 is 0 Å². The zero-order chi connectivity index (χ0) is 18.5. The zero-order valence-corrected chi connectivity index (χ0v) is 15.8. The minimum Gasteiger partial charge on any atom is -0.399 e. The van der Waals surface area contributed by atoms with Crippen molar-refractivity contribution in [1.29, 1.82) is 0 Å². The maximum atomic E-state index is 5.85. The van der Waals surface area contributed by atoms with Crippen LogP contribution in [-0.4, -0.2) is 9.97 Å². The Morgan fingerprint density at radius 1 is 0.852 bits per heavy atom. The number of hydrogen-bond acceptors (Lipinski definition) is 3. The Balaban J connectivity index is 1.56. The van der Waals surface area contributed by atoms with E-state index in [4.69, 9.17) is 15.7 Å². The summed E-state index contributed by atoms with van der Waals surface area (Å²) in [5.41, 5.74) is 11.3. The molecule has 1 heterocycles. The van der Waals surface area contributed by atoms with E-state index in [2.05, 4.69) is 48.5 Å². The number of aromatic nitrogens is 2. The number of benzene rings is 2. The van der Waals surface area contributed by atoms with Crippen molar-refractivity contribution < 1.29 is 0 Å². The number of nitrogens with two attached hydrogens (primary N) is 1. The molecule has 0 unspecified atom stereocenters. The van der Waals surface area contributed by atoms with Crippen molar-refractivity contribution in [2.24, 2.45) is 0 Å². The molecule has 3 nitrogen and oxygen atoms in total. The molecule has 4 rings (SSSR count). The van der Waals surface area contributed by atoms with Gasteiger partial charge >= 0.3 is 0 Å². The summed E-state index contributed by atoms with van der Waals surface area (Å²) in [4.78, 5) is 9.88. The molecule has 1 fully saturated rings. The van der Waals surface area contributed by atoms with Gasteiger partial charge in [0.25, 0.3) is 0 Å². The van der Waals surface area contributed by atoms with Crippen LogP contribution in [0, 0.1) is 0 Å². The highest BCUT2D eigenvalue weighted by molar-refractivity contribution is 5.62. The lowest BCUT2D eigenvalue weighted by Crippen LogP contribution is -2.06. The van der Waals surface area contributed by atoms with E-state index in [1.54, 1.807) is 0 Å². The van der Waals surface area contributed by atoms with Crippen LogP contribution < -0.4 is 5.73 Å². The molecule has 2 aromatic carbocycles. The number of nitrogens with zero attached hydrogens (tertiary/aromatic N) is 2. The third kappa shape index (κ3) is 4.54. The predicted molar refractivity (Wildman–Crippen MR) is 112 cm³/mol. The summed E-state index contributed by atoms with van der Waals surface area (Å²) in [6.45, 7) is 0. The molecule has 0 spiro atoms. The summed E-state index contributed by atoms with van der Waals surface area (Å²) in [6, 6.07) is 20.9. The second-order valence-corrected chi connectivity index (χ2v) is 7.55. The van der Waals surface area contributed by atoms with Gasteiger partial charge in [-0.25, -0.2) is 9.97 Å². The predicted octanol–water partition coefficient (Wildman–Crippen LogP) is 5.56. The summed E-state index contributed by atoms with van der Waals surface area (Å²) >= 11 is 0. The molecule has 0 radical (unpaired) electrons. The summed E-state index contributed by atoms with van der Waals surface area (Å²) < 4.78 is 0. The highest BCUT2D eigenvalue weighted by Crippen LogP contribution is 2.33. The lowest BCUT2D eigenvalue weighted by molar-refractivity contribution is 0.657. The summed E-state index contributed by atoms with van der Waals surface area (Å²) in [7, 11) is 0. The van der Waals surface area contributed by atoms with Crippen LogP contribution in [0.5, 0.6) is 0 Å². The van der Waals surface area contributed by atoms with Crippen LogP contribution in [0.3, 0.4) is 0 Å². The van der Waals surface area contributed by atoms with Crippen molar-refractivity contribution in [3.8, 4) is 11.3 Å². The first-order valence-electron chi connectivity index (χ1n) is 10.1. The molecule has 0 aliphatic heterocycles. The number of hydrogen-bond donors (Lipinski definition) is 1. The molecule has 1 saturated carbocycles. The maximum Gasteiger partial charge on any atom is 0.132 e. The van der Waals surface area contributed by atoms with E-state index in [1.807, 2.05) is 12.1 Å². The van der Waals surface area contributed by atoms with Crippen LogP contribution in [0.25, 0.3) is 11.3 Å². The van der Waals surface area contributed by atoms with Crippen molar-refractivity contribution in [2.75, 3.05) is 5.73 Å². The molecule has 0 bridgehead atoms. The fourth-order valence-corrected chi connectivity index (χ4v) is 3.93. The van der Waals surface area contributed by atoms with E-state index in [-0.39, 0.29) is 0 Å². The Labute approximate surface area is 161 Å². The van der Waals surface area contributed by atoms with Gasteiger partial charge in [0.15, 0.2) is 0 Å². The van der Waals surface area contributed by atoms with Crippen LogP contribution in [-0.2, 0) is 12.8 Å². The molecule has 0 amide bonds. The first-order valence-corrected chi connectivity index (χ1v) is 10.1. The zero-order valence-electron chi connectivity index (χ0n) is 15.8. The van der Waals surface area contributed by atoms with Gasteiger partial charge in [0, 0.05) is 22.9 Å². The Kier molecular flexibility index (Phi) is 5.47. The van der Waals surface area contributed by atoms with E-state index < -0.39 is 0 Å². The smallest absolute Gasteiger partial charge is 0.132 e. The van der Waals surface area contributed by atoms with Crippen molar-refractivity contribution in [2.45, 2.75) is 50.9 Å². The number of nitrogen functional groups attached to an aromatic ring is 1. The molecule has 27 heavy (non-hydrogen) atoms. The Morgan fingerprint density at radius 2 is 1.59 bits per heavy atom. The van der Waals surface area contributed by atoms with Crippen molar-refractivity contribution in [3.63, 3.8) is 0 Å². The quantitative estimate of drug-likeness (QED) is 0.588. The minimum atomic E-state index is 0.520. The molecule has 3 heteroatoms. The maximum absolute atomic E-state index is 5.85. The highest BCUT2D eigenvalue weighted by atomic mass is 14.9. The van der Waals surface area contributed by atoms with Gasteiger partial charge in [0.05, 0.1) is 5.69 Å². The highest BCUT2D eigenvalue weighted by Gasteiger charge is 2.21. The van der Waals surface area contributed by atoms with E-state index in [1.165, 1.54) is 31.2 Å². The van der Waals surface area contributed by atoms with Crippen LogP contribution in [0.2, 0.25) is 0 Å². The first-order chi connectivity index (χ1) is 13.3. The van der Waals surface area contributed by atoms with Gasteiger partial charge in [-0.1, -0.05) is 55.3 Å². The fourth-order valence-electron chi connectivity index (χ4n) is 3.93. The lowest BCUT2D eigenvalue weighted by Gasteiger charge is -2.13. The van der Waals surface area contributed by atoms with Gasteiger partial charge in [0.1, 0.15) is 5.82 Å². The third-order valence-electron chi connectivity index (χ3n) is 5.46. The average Bonchev–Trinajstić information content (AvgIpc) is 3.24. The molecule has 2 N–H and O–H groups in total. The van der Waals surface area contributed by atoms with Crippen molar-refractivity contribution >= 4 is 5.69 Å². The first kappa shape index (κ1) is 17.7. The van der Waals surface area contributed by atoms with Crippen LogP contribution in [0.1, 0.15) is 55.1 Å². The Bertz CT molecular complexity index is 866. The topological polar surface area (TPSA) is 51.8 Å². The van der Waals surface area contributed by atoms with Gasteiger partial charge in [-0.05, 0) is 55.9 Å². The minimum absolute atomic E-state index is 0.520. The number of anilines is 1. The molecule has 1 aliphatic carbocycles. The second kappa shape index (κ2) is 8.34. The molecule has 138 valence electrons. The Hall–Kier alpha value is -2.68. The molecule has 1 aliphatic rings. The average molecular weight is 358 g/mol. The summed E-state index contributed by atoms with van der Waals surface area (Å²) in [5.74, 6) is 1.56. The van der Waals surface area contributed by atoms with Gasteiger partial charge in [-0.15, -0.1) is 0 Å².